The second kappa shape index (κ2) is 6.73. The van der Waals surface area contributed by atoms with Gasteiger partial charge < -0.3 is 14.6 Å². The van der Waals surface area contributed by atoms with E-state index < -0.39 is 6.10 Å². The van der Waals surface area contributed by atoms with Crippen LogP contribution in [0.5, 0.6) is 5.75 Å². The number of aliphatic hydroxyl groups is 1. The van der Waals surface area contributed by atoms with Gasteiger partial charge in [0.2, 0.25) is 0 Å². The van der Waals surface area contributed by atoms with Gasteiger partial charge in [0.25, 0.3) is 0 Å². The number of rotatable bonds is 7. The molecule has 3 nitrogen and oxygen atoms in total. The van der Waals surface area contributed by atoms with E-state index in [1.807, 2.05) is 42.5 Å². The average molecular weight is 274 g/mol. The first-order chi connectivity index (χ1) is 9.70. The lowest BCUT2D eigenvalue weighted by Gasteiger charge is -2.31. The quantitative estimate of drug-likeness (QED) is 0.777. The predicted molar refractivity (Wildman–Crippen MR) is 79.7 cm³/mol. The van der Waals surface area contributed by atoms with Crippen LogP contribution in [0, 0.1) is 5.41 Å². The monoisotopic (exact) mass is 274 g/mol. The third kappa shape index (κ3) is 3.30. The van der Waals surface area contributed by atoms with Crippen molar-refractivity contribution in [3.63, 3.8) is 0 Å². The molecule has 0 amide bonds. The van der Waals surface area contributed by atoms with Crippen molar-refractivity contribution in [3.8, 4) is 5.75 Å². The summed E-state index contributed by atoms with van der Waals surface area (Å²) in [4.78, 5) is 0. The first-order valence-corrected chi connectivity index (χ1v) is 6.86. The summed E-state index contributed by atoms with van der Waals surface area (Å²) in [5, 5.41) is 10.1. The van der Waals surface area contributed by atoms with Crippen LogP contribution in [0.3, 0.4) is 0 Å². The largest absolute Gasteiger partial charge is 0.497 e. The number of ether oxygens (including phenoxy) is 2. The molecule has 1 aromatic carbocycles. The summed E-state index contributed by atoms with van der Waals surface area (Å²) in [5.41, 5.74) is 0.855. The molecular formula is C17H22O3. The maximum absolute atomic E-state index is 10.1. The fourth-order valence-electron chi connectivity index (χ4n) is 2.55. The summed E-state index contributed by atoms with van der Waals surface area (Å²) in [6.45, 7) is 4.84. The topological polar surface area (TPSA) is 38.7 Å². The zero-order chi connectivity index (χ0) is 14.4. The molecule has 0 heterocycles. The standard InChI is InChI=1S/C17H22O3/c1-3-10-17(11-4-5-16(17)18)13-20-12-14-6-8-15(19-2)9-7-14/h3-9,16,18H,1,10-13H2,2H3. The molecule has 2 atom stereocenters. The molecule has 0 fully saturated rings. The Morgan fingerprint density at radius 1 is 1.40 bits per heavy atom. The molecule has 1 aliphatic carbocycles. The van der Waals surface area contributed by atoms with E-state index in [0.717, 1.165) is 24.2 Å². The van der Waals surface area contributed by atoms with Crippen molar-refractivity contribution in [2.75, 3.05) is 13.7 Å². The van der Waals surface area contributed by atoms with Crippen LogP contribution in [0.2, 0.25) is 0 Å². The third-order valence-electron chi connectivity index (χ3n) is 3.84. The van der Waals surface area contributed by atoms with E-state index in [9.17, 15) is 5.11 Å². The van der Waals surface area contributed by atoms with E-state index in [4.69, 9.17) is 9.47 Å². The summed E-state index contributed by atoms with van der Waals surface area (Å²) in [5.74, 6) is 0.840. The number of allylic oxidation sites excluding steroid dienone is 2. The van der Waals surface area contributed by atoms with Gasteiger partial charge in [-0.05, 0) is 30.5 Å². The highest BCUT2D eigenvalue weighted by molar-refractivity contribution is 5.26. The van der Waals surface area contributed by atoms with Gasteiger partial charge in [-0.15, -0.1) is 6.58 Å². The zero-order valence-electron chi connectivity index (χ0n) is 11.9. The van der Waals surface area contributed by atoms with Crippen LogP contribution in [0.15, 0.2) is 49.1 Å². The van der Waals surface area contributed by atoms with Crippen LogP contribution < -0.4 is 4.74 Å². The first kappa shape index (κ1) is 14.8. The van der Waals surface area contributed by atoms with Crippen molar-refractivity contribution >= 4 is 0 Å². The Morgan fingerprint density at radius 3 is 2.70 bits per heavy atom. The van der Waals surface area contributed by atoms with Gasteiger partial charge >= 0.3 is 0 Å². The number of methoxy groups -OCH3 is 1. The molecule has 3 heteroatoms. The van der Waals surface area contributed by atoms with Gasteiger partial charge in [-0.3, -0.25) is 0 Å². The predicted octanol–water partition coefficient (Wildman–Crippen LogP) is 3.10. The van der Waals surface area contributed by atoms with Crippen molar-refractivity contribution < 1.29 is 14.6 Å². The Bertz CT molecular complexity index is 464. The maximum atomic E-state index is 10.1. The minimum Gasteiger partial charge on any atom is -0.497 e. The fraction of sp³-hybridized carbons (Fsp3) is 0.412. The molecule has 0 saturated carbocycles. The van der Waals surface area contributed by atoms with E-state index in [1.165, 1.54) is 0 Å². The van der Waals surface area contributed by atoms with Crippen LogP contribution in [0.25, 0.3) is 0 Å². The van der Waals surface area contributed by atoms with Crippen LogP contribution in [-0.4, -0.2) is 24.9 Å². The smallest absolute Gasteiger partial charge is 0.118 e. The molecule has 1 N–H and O–H groups in total. The number of aliphatic hydroxyl groups excluding tert-OH is 1. The second-order valence-electron chi connectivity index (χ2n) is 5.27. The molecular weight excluding hydrogens is 252 g/mol. The van der Waals surface area contributed by atoms with E-state index in [2.05, 4.69) is 6.58 Å². The lowest BCUT2D eigenvalue weighted by molar-refractivity contribution is -0.0199. The molecule has 20 heavy (non-hydrogen) atoms. The number of benzene rings is 1. The van der Waals surface area contributed by atoms with Crippen molar-refractivity contribution in [2.24, 2.45) is 5.41 Å². The molecule has 0 radical (unpaired) electrons. The Morgan fingerprint density at radius 2 is 2.15 bits per heavy atom. The van der Waals surface area contributed by atoms with E-state index in [-0.39, 0.29) is 5.41 Å². The van der Waals surface area contributed by atoms with Crippen molar-refractivity contribution in [3.05, 3.63) is 54.6 Å². The van der Waals surface area contributed by atoms with Gasteiger partial charge in [0.1, 0.15) is 5.75 Å². The van der Waals surface area contributed by atoms with Crippen molar-refractivity contribution in [2.45, 2.75) is 25.6 Å². The third-order valence-corrected chi connectivity index (χ3v) is 3.84. The molecule has 0 aromatic heterocycles. The Labute approximate surface area is 120 Å². The molecule has 1 aliphatic rings. The molecule has 2 unspecified atom stereocenters. The highest BCUT2D eigenvalue weighted by Gasteiger charge is 2.38. The SMILES string of the molecule is C=CCC1(COCc2ccc(OC)cc2)CC=CC1O. The van der Waals surface area contributed by atoms with Crippen LogP contribution >= 0.6 is 0 Å². The summed E-state index contributed by atoms with van der Waals surface area (Å²) in [6.07, 6.45) is 6.86. The summed E-state index contributed by atoms with van der Waals surface area (Å²) >= 11 is 0. The molecule has 2 rings (SSSR count). The highest BCUT2D eigenvalue weighted by Crippen LogP contribution is 2.37. The van der Waals surface area contributed by atoms with Crippen LogP contribution in [0.1, 0.15) is 18.4 Å². The Kier molecular flexibility index (Phi) is 4.99. The first-order valence-electron chi connectivity index (χ1n) is 6.86. The zero-order valence-corrected chi connectivity index (χ0v) is 11.9. The lowest BCUT2D eigenvalue weighted by atomic mass is 9.81. The molecule has 108 valence electrons. The molecule has 1 aromatic rings. The van der Waals surface area contributed by atoms with Crippen molar-refractivity contribution in [1.82, 2.24) is 0 Å². The summed E-state index contributed by atoms with van der Waals surface area (Å²) < 4.78 is 10.9. The molecule has 0 aliphatic heterocycles. The Balaban J connectivity index is 1.88. The minimum atomic E-state index is -0.448. The van der Waals surface area contributed by atoms with Gasteiger partial charge in [-0.2, -0.15) is 0 Å². The molecule has 0 spiro atoms. The molecule has 0 saturated heterocycles. The van der Waals surface area contributed by atoms with Gasteiger partial charge in [0, 0.05) is 5.41 Å². The lowest BCUT2D eigenvalue weighted by Crippen LogP contribution is -2.34. The van der Waals surface area contributed by atoms with Gasteiger partial charge in [-0.1, -0.05) is 30.4 Å². The van der Waals surface area contributed by atoms with Crippen molar-refractivity contribution in [1.29, 1.82) is 0 Å². The van der Waals surface area contributed by atoms with E-state index in [1.54, 1.807) is 7.11 Å². The van der Waals surface area contributed by atoms with E-state index in [0.29, 0.717) is 13.2 Å². The summed E-state index contributed by atoms with van der Waals surface area (Å²) in [6, 6.07) is 7.82. The number of hydrogen-bond donors (Lipinski definition) is 1. The molecule has 0 bridgehead atoms. The summed E-state index contributed by atoms with van der Waals surface area (Å²) in [7, 11) is 1.65. The van der Waals surface area contributed by atoms with Gasteiger partial charge in [-0.25, -0.2) is 0 Å². The second-order valence-corrected chi connectivity index (χ2v) is 5.27. The van der Waals surface area contributed by atoms with Gasteiger partial charge in [0.15, 0.2) is 0 Å². The van der Waals surface area contributed by atoms with E-state index >= 15 is 0 Å². The highest BCUT2D eigenvalue weighted by atomic mass is 16.5. The van der Waals surface area contributed by atoms with Crippen LogP contribution in [-0.2, 0) is 11.3 Å². The fourth-order valence-corrected chi connectivity index (χ4v) is 2.55. The maximum Gasteiger partial charge on any atom is 0.118 e. The Hall–Kier alpha value is -1.58. The van der Waals surface area contributed by atoms with Crippen LogP contribution in [0.4, 0.5) is 0 Å². The average Bonchev–Trinajstić information content (AvgIpc) is 2.81. The minimum absolute atomic E-state index is 0.242. The van der Waals surface area contributed by atoms with Gasteiger partial charge in [0.05, 0.1) is 26.4 Å². The normalized spacial score (nSPS) is 24.8. The number of hydrogen-bond acceptors (Lipinski definition) is 3.